The van der Waals surface area contributed by atoms with Crippen LogP contribution in [0.4, 0.5) is 0 Å². The lowest BCUT2D eigenvalue weighted by molar-refractivity contribution is 0.370. The maximum atomic E-state index is 9.77. The first-order valence-electron chi connectivity index (χ1n) is 5.93. The second kappa shape index (κ2) is 4.90. The molecule has 17 heavy (non-hydrogen) atoms. The van der Waals surface area contributed by atoms with Crippen LogP contribution in [0.3, 0.4) is 0 Å². The fourth-order valence-electron chi connectivity index (χ4n) is 1.64. The Labute approximate surface area is 102 Å². The largest absolute Gasteiger partial charge is 0.507 e. The van der Waals surface area contributed by atoms with Crippen molar-refractivity contribution in [1.29, 1.82) is 0 Å². The number of hydrogen-bond acceptors (Lipinski definition) is 3. The number of epoxide rings is 1. The molecule has 3 nitrogen and oxygen atoms in total. The summed E-state index contributed by atoms with van der Waals surface area (Å²) in [5.74, 6) is 0.318. The van der Waals surface area contributed by atoms with Gasteiger partial charge in [-0.05, 0) is 44.6 Å². The summed E-state index contributed by atoms with van der Waals surface area (Å²) >= 11 is 0. The van der Waals surface area contributed by atoms with Gasteiger partial charge >= 0.3 is 0 Å². The van der Waals surface area contributed by atoms with E-state index >= 15 is 0 Å². The highest BCUT2D eigenvalue weighted by Crippen LogP contribution is 2.29. The Kier molecular flexibility index (Phi) is 3.50. The van der Waals surface area contributed by atoms with Gasteiger partial charge in [-0.15, -0.1) is 0 Å². The fourth-order valence-corrected chi connectivity index (χ4v) is 1.64. The monoisotopic (exact) mass is 233 g/mol. The average molecular weight is 233 g/mol. The second-order valence-electron chi connectivity index (χ2n) is 4.68. The molecule has 2 rings (SSSR count). The zero-order valence-electron chi connectivity index (χ0n) is 10.4. The van der Waals surface area contributed by atoms with E-state index in [1.165, 1.54) is 5.56 Å². The Morgan fingerprint density at radius 2 is 2.29 bits per heavy atom. The van der Waals surface area contributed by atoms with Gasteiger partial charge in [-0.25, -0.2) is 0 Å². The van der Waals surface area contributed by atoms with Gasteiger partial charge in [-0.2, -0.15) is 0 Å². The molecule has 0 spiro atoms. The third-order valence-corrected chi connectivity index (χ3v) is 2.97. The summed E-state index contributed by atoms with van der Waals surface area (Å²) in [5, 5.41) is 12.9. The highest BCUT2D eigenvalue weighted by atomic mass is 16.6. The van der Waals surface area contributed by atoms with Crippen LogP contribution < -0.4 is 5.32 Å². The van der Waals surface area contributed by atoms with Crippen molar-refractivity contribution in [3.63, 3.8) is 0 Å². The van der Waals surface area contributed by atoms with Gasteiger partial charge in [0.2, 0.25) is 0 Å². The number of ether oxygens (including phenoxy) is 1. The van der Waals surface area contributed by atoms with E-state index in [0.29, 0.717) is 5.75 Å². The van der Waals surface area contributed by atoms with Crippen molar-refractivity contribution < 1.29 is 9.84 Å². The van der Waals surface area contributed by atoms with Crippen molar-refractivity contribution in [2.24, 2.45) is 0 Å². The van der Waals surface area contributed by atoms with Crippen LogP contribution >= 0.6 is 0 Å². The Morgan fingerprint density at radius 1 is 1.53 bits per heavy atom. The van der Waals surface area contributed by atoms with Crippen LogP contribution in [0.2, 0.25) is 0 Å². The van der Waals surface area contributed by atoms with Crippen molar-refractivity contribution in [2.75, 3.05) is 20.2 Å². The lowest BCUT2D eigenvalue weighted by Crippen LogP contribution is -2.10. The van der Waals surface area contributed by atoms with Crippen molar-refractivity contribution in [3.05, 3.63) is 35.4 Å². The molecule has 1 saturated heterocycles. The van der Waals surface area contributed by atoms with E-state index in [9.17, 15) is 5.11 Å². The number of aromatic hydroxyl groups is 1. The zero-order chi connectivity index (χ0) is 12.3. The summed E-state index contributed by atoms with van der Waals surface area (Å²) in [6.07, 6.45) is 4.90. The van der Waals surface area contributed by atoms with Crippen LogP contribution in [-0.2, 0) is 11.2 Å². The standard InChI is InChI=1S/C14H19NO2/c1-14(10-17-14)7-5-12-9-11(6-8-15-2)3-4-13(12)16/h3-5,7,9,15-16H,6,8,10H2,1-2H3/t14-/m1/s1. The molecule has 3 heteroatoms. The first kappa shape index (κ1) is 12.1. The first-order chi connectivity index (χ1) is 8.13. The Morgan fingerprint density at radius 3 is 2.94 bits per heavy atom. The SMILES string of the molecule is CNCCc1ccc(O)c(C=C[C@]2(C)CO2)c1. The Hall–Kier alpha value is -1.32. The van der Waals surface area contributed by atoms with E-state index in [1.54, 1.807) is 6.07 Å². The summed E-state index contributed by atoms with van der Waals surface area (Å²) in [5.41, 5.74) is 1.96. The predicted octanol–water partition coefficient (Wildman–Crippen LogP) is 1.96. The number of rotatable bonds is 5. The third kappa shape index (κ3) is 3.32. The number of hydrogen-bond donors (Lipinski definition) is 2. The van der Waals surface area contributed by atoms with E-state index in [2.05, 4.69) is 5.32 Å². The maximum Gasteiger partial charge on any atom is 0.122 e. The molecule has 0 aromatic heterocycles. The Balaban J connectivity index is 2.11. The highest BCUT2D eigenvalue weighted by molar-refractivity contribution is 5.59. The van der Waals surface area contributed by atoms with Crippen LogP contribution in [0.15, 0.2) is 24.3 Å². The summed E-state index contributed by atoms with van der Waals surface area (Å²) in [6.45, 7) is 3.74. The van der Waals surface area contributed by atoms with Crippen molar-refractivity contribution in [3.8, 4) is 5.75 Å². The van der Waals surface area contributed by atoms with Crippen LogP contribution in [0.1, 0.15) is 18.1 Å². The smallest absolute Gasteiger partial charge is 0.122 e. The van der Waals surface area contributed by atoms with Crippen LogP contribution in [0, 0.1) is 0 Å². The number of nitrogens with one attached hydrogen (secondary N) is 1. The molecule has 1 aliphatic rings. The number of phenols is 1. The molecule has 0 radical (unpaired) electrons. The van der Waals surface area contributed by atoms with E-state index in [1.807, 2.05) is 38.3 Å². The van der Waals surface area contributed by atoms with Gasteiger partial charge in [0, 0.05) is 5.56 Å². The van der Waals surface area contributed by atoms with Crippen LogP contribution in [0.25, 0.3) is 6.08 Å². The lowest BCUT2D eigenvalue weighted by atomic mass is 10.0. The molecule has 1 aromatic rings. The molecule has 1 aliphatic heterocycles. The number of benzene rings is 1. The van der Waals surface area contributed by atoms with Crippen LogP contribution in [0.5, 0.6) is 5.75 Å². The molecule has 92 valence electrons. The first-order valence-corrected chi connectivity index (χ1v) is 5.93. The van der Waals surface area contributed by atoms with Gasteiger partial charge in [0.1, 0.15) is 11.4 Å². The van der Waals surface area contributed by atoms with E-state index in [-0.39, 0.29) is 5.60 Å². The maximum absolute atomic E-state index is 9.77. The molecule has 0 unspecified atom stereocenters. The van der Waals surface area contributed by atoms with Crippen molar-refractivity contribution >= 4 is 6.08 Å². The number of likely N-dealkylation sites (N-methyl/N-ethyl adjacent to an activating group) is 1. The highest BCUT2D eigenvalue weighted by Gasteiger charge is 2.35. The van der Waals surface area contributed by atoms with Crippen LogP contribution in [-0.4, -0.2) is 30.9 Å². The lowest BCUT2D eigenvalue weighted by Gasteiger charge is -2.05. The minimum atomic E-state index is -0.118. The minimum Gasteiger partial charge on any atom is -0.507 e. The summed E-state index contributed by atoms with van der Waals surface area (Å²) in [4.78, 5) is 0. The molecule has 1 heterocycles. The molecule has 0 saturated carbocycles. The van der Waals surface area contributed by atoms with Gasteiger partial charge < -0.3 is 15.2 Å². The summed E-state index contributed by atoms with van der Waals surface area (Å²) < 4.78 is 5.27. The van der Waals surface area contributed by atoms with Gasteiger partial charge in [-0.3, -0.25) is 0 Å². The average Bonchev–Trinajstić information content (AvgIpc) is 3.05. The molecule has 0 amide bonds. The quantitative estimate of drug-likeness (QED) is 0.764. The molecule has 2 N–H and O–H groups in total. The van der Waals surface area contributed by atoms with E-state index < -0.39 is 0 Å². The normalized spacial score (nSPS) is 23.2. The molecule has 1 aromatic carbocycles. The minimum absolute atomic E-state index is 0.118. The molecular weight excluding hydrogens is 214 g/mol. The molecule has 1 fully saturated rings. The molecule has 1 atom stereocenters. The fraction of sp³-hybridized carbons (Fsp3) is 0.429. The van der Waals surface area contributed by atoms with E-state index in [0.717, 1.165) is 25.1 Å². The van der Waals surface area contributed by atoms with Gasteiger partial charge in [-0.1, -0.05) is 18.2 Å². The summed E-state index contributed by atoms with van der Waals surface area (Å²) in [7, 11) is 1.94. The van der Waals surface area contributed by atoms with Crippen molar-refractivity contribution in [1.82, 2.24) is 5.32 Å². The topological polar surface area (TPSA) is 44.8 Å². The second-order valence-corrected chi connectivity index (χ2v) is 4.68. The zero-order valence-corrected chi connectivity index (χ0v) is 10.4. The Bertz CT molecular complexity index is 422. The van der Waals surface area contributed by atoms with Gasteiger partial charge in [0.05, 0.1) is 6.61 Å². The molecular formula is C14H19NO2. The third-order valence-electron chi connectivity index (χ3n) is 2.97. The number of phenolic OH excluding ortho intramolecular Hbond substituents is 1. The van der Waals surface area contributed by atoms with E-state index in [4.69, 9.17) is 4.74 Å². The summed E-state index contributed by atoms with van der Waals surface area (Å²) in [6, 6.07) is 5.73. The van der Waals surface area contributed by atoms with Gasteiger partial charge in [0.15, 0.2) is 0 Å². The molecule has 0 aliphatic carbocycles. The van der Waals surface area contributed by atoms with Gasteiger partial charge in [0.25, 0.3) is 0 Å². The van der Waals surface area contributed by atoms with Crippen molar-refractivity contribution in [2.45, 2.75) is 18.9 Å². The predicted molar refractivity (Wildman–Crippen MR) is 69.1 cm³/mol. The molecule has 0 bridgehead atoms.